The van der Waals surface area contributed by atoms with Gasteiger partial charge >= 0.3 is 5.97 Å². The summed E-state index contributed by atoms with van der Waals surface area (Å²) >= 11 is 0. The van der Waals surface area contributed by atoms with Crippen LogP contribution >= 0.6 is 0 Å². The molecule has 0 atom stereocenters. The predicted molar refractivity (Wildman–Crippen MR) is 80.1 cm³/mol. The molecule has 6 nitrogen and oxygen atoms in total. The van der Waals surface area contributed by atoms with Gasteiger partial charge in [-0.15, -0.1) is 5.11 Å². The van der Waals surface area contributed by atoms with E-state index in [0.29, 0.717) is 17.7 Å². The number of benzene rings is 2. The van der Waals surface area contributed by atoms with Crippen LogP contribution in [-0.2, 0) is 11.2 Å². The van der Waals surface area contributed by atoms with Crippen LogP contribution in [0.2, 0.25) is 0 Å². The van der Waals surface area contributed by atoms with Gasteiger partial charge < -0.3 is 10.2 Å². The van der Waals surface area contributed by atoms with E-state index in [4.69, 9.17) is 5.11 Å². The third-order valence-electron chi connectivity index (χ3n) is 2.97. The average Bonchev–Trinajstić information content (AvgIpc) is 2.53. The number of carbonyl (C=O) groups excluding carboxylic acids is 1. The molecule has 112 valence electrons. The summed E-state index contributed by atoms with van der Waals surface area (Å²) in [4.78, 5) is 21.1. The smallest absolute Gasteiger partial charge is 0.303 e. The number of carboxylic acid groups (broad SMARTS) is 1. The first-order valence-corrected chi connectivity index (χ1v) is 6.59. The van der Waals surface area contributed by atoms with Crippen molar-refractivity contribution in [3.05, 3.63) is 53.6 Å². The van der Waals surface area contributed by atoms with Gasteiger partial charge in [0.25, 0.3) is 0 Å². The number of phenolic OH excluding ortho intramolecular Hbond substituents is 1. The zero-order valence-electron chi connectivity index (χ0n) is 11.6. The van der Waals surface area contributed by atoms with Crippen LogP contribution < -0.4 is 0 Å². The zero-order valence-corrected chi connectivity index (χ0v) is 11.6. The lowest BCUT2D eigenvalue weighted by Crippen LogP contribution is -1.97. The van der Waals surface area contributed by atoms with Crippen LogP contribution in [0.3, 0.4) is 0 Å². The second-order valence-electron chi connectivity index (χ2n) is 4.63. The Balaban J connectivity index is 2.16. The van der Waals surface area contributed by atoms with Crippen molar-refractivity contribution >= 4 is 23.6 Å². The third kappa shape index (κ3) is 4.24. The van der Waals surface area contributed by atoms with E-state index >= 15 is 0 Å². The molecule has 0 fully saturated rings. The zero-order chi connectivity index (χ0) is 15.9. The van der Waals surface area contributed by atoms with Crippen LogP contribution in [0.25, 0.3) is 0 Å². The number of aliphatic carboxylic acids is 1. The summed E-state index contributed by atoms with van der Waals surface area (Å²) in [7, 11) is 0. The average molecular weight is 298 g/mol. The van der Waals surface area contributed by atoms with E-state index in [9.17, 15) is 14.7 Å². The van der Waals surface area contributed by atoms with Crippen molar-refractivity contribution in [3.63, 3.8) is 0 Å². The van der Waals surface area contributed by atoms with E-state index in [-0.39, 0.29) is 17.9 Å². The summed E-state index contributed by atoms with van der Waals surface area (Å²) in [6.45, 7) is 0. The largest absolute Gasteiger partial charge is 0.506 e. The number of aromatic hydroxyl groups is 1. The molecule has 0 aromatic heterocycles. The molecule has 0 unspecified atom stereocenters. The Kier molecular flexibility index (Phi) is 4.98. The van der Waals surface area contributed by atoms with Gasteiger partial charge in [0.05, 0.1) is 5.69 Å². The van der Waals surface area contributed by atoms with Crippen molar-refractivity contribution in [1.29, 1.82) is 0 Å². The number of hydrogen-bond acceptors (Lipinski definition) is 5. The number of carboxylic acids is 1. The molecule has 2 aromatic rings. The SMILES string of the molecule is O=Cc1ccc(/N=N/c2cc(CCC(=O)O)ccc2O)cc1. The van der Waals surface area contributed by atoms with E-state index in [1.165, 1.54) is 6.07 Å². The second kappa shape index (κ2) is 7.12. The molecule has 2 N–H and O–H groups in total. The first kappa shape index (κ1) is 15.4. The van der Waals surface area contributed by atoms with Crippen molar-refractivity contribution < 1.29 is 19.8 Å². The number of nitrogens with zero attached hydrogens (tertiary/aromatic N) is 2. The fourth-order valence-corrected chi connectivity index (χ4v) is 1.79. The maximum atomic E-state index is 10.6. The van der Waals surface area contributed by atoms with E-state index in [1.807, 2.05) is 0 Å². The number of aryl methyl sites for hydroxylation is 1. The number of azo groups is 1. The molecule has 2 rings (SSSR count). The lowest BCUT2D eigenvalue weighted by molar-refractivity contribution is -0.136. The van der Waals surface area contributed by atoms with Gasteiger partial charge in [0.2, 0.25) is 0 Å². The summed E-state index contributed by atoms with van der Waals surface area (Å²) in [5.41, 5.74) is 2.10. The van der Waals surface area contributed by atoms with Crippen molar-refractivity contribution in [3.8, 4) is 5.75 Å². The molecular formula is C16H14N2O4. The first-order chi connectivity index (χ1) is 10.6. The van der Waals surface area contributed by atoms with Crippen molar-refractivity contribution in [2.75, 3.05) is 0 Å². The minimum absolute atomic E-state index is 0.00845. The lowest BCUT2D eigenvalue weighted by Gasteiger charge is -2.02. The van der Waals surface area contributed by atoms with Gasteiger partial charge in [-0.2, -0.15) is 5.11 Å². The maximum Gasteiger partial charge on any atom is 0.303 e. The number of phenols is 1. The van der Waals surface area contributed by atoms with Gasteiger partial charge in [-0.1, -0.05) is 6.07 Å². The molecule has 0 aliphatic rings. The summed E-state index contributed by atoms with van der Waals surface area (Å²) in [6.07, 6.45) is 1.10. The normalized spacial score (nSPS) is 10.7. The highest BCUT2D eigenvalue weighted by Crippen LogP contribution is 2.29. The third-order valence-corrected chi connectivity index (χ3v) is 2.97. The summed E-state index contributed by atoms with van der Waals surface area (Å²) in [6, 6.07) is 11.2. The molecule has 0 radical (unpaired) electrons. The first-order valence-electron chi connectivity index (χ1n) is 6.59. The maximum absolute atomic E-state index is 10.6. The highest BCUT2D eigenvalue weighted by atomic mass is 16.4. The summed E-state index contributed by atoms with van der Waals surface area (Å²) < 4.78 is 0. The Labute approximate surface area is 126 Å². The van der Waals surface area contributed by atoms with E-state index in [2.05, 4.69) is 10.2 Å². The molecule has 22 heavy (non-hydrogen) atoms. The molecule has 0 saturated heterocycles. The summed E-state index contributed by atoms with van der Waals surface area (Å²) in [5.74, 6) is -0.918. The number of aldehydes is 1. The van der Waals surface area contributed by atoms with Crippen LogP contribution in [0.1, 0.15) is 22.3 Å². The molecule has 0 aliphatic heterocycles. The summed E-state index contributed by atoms with van der Waals surface area (Å²) in [5, 5.41) is 26.4. The molecule has 6 heteroatoms. The van der Waals surface area contributed by atoms with E-state index < -0.39 is 5.97 Å². The monoisotopic (exact) mass is 298 g/mol. The van der Waals surface area contributed by atoms with Gasteiger partial charge in [0, 0.05) is 12.0 Å². The molecular weight excluding hydrogens is 284 g/mol. The van der Waals surface area contributed by atoms with E-state index in [0.717, 1.165) is 11.8 Å². The minimum atomic E-state index is -0.883. The highest BCUT2D eigenvalue weighted by molar-refractivity contribution is 5.75. The molecule has 0 aliphatic carbocycles. The topological polar surface area (TPSA) is 99.3 Å². The Morgan fingerprint density at radius 3 is 2.45 bits per heavy atom. The number of rotatable bonds is 6. The Morgan fingerprint density at radius 1 is 1.09 bits per heavy atom. The molecule has 0 saturated carbocycles. The predicted octanol–water partition coefficient (Wildman–Crippen LogP) is 3.64. The van der Waals surface area contributed by atoms with Gasteiger partial charge in [-0.05, 0) is 48.4 Å². The van der Waals surface area contributed by atoms with Gasteiger partial charge in [-0.25, -0.2) is 0 Å². The Morgan fingerprint density at radius 2 is 1.82 bits per heavy atom. The Bertz CT molecular complexity index is 709. The highest BCUT2D eigenvalue weighted by Gasteiger charge is 2.04. The molecule has 0 spiro atoms. The molecule has 2 aromatic carbocycles. The van der Waals surface area contributed by atoms with Crippen molar-refractivity contribution in [1.82, 2.24) is 0 Å². The number of carbonyl (C=O) groups is 2. The van der Waals surface area contributed by atoms with Crippen LogP contribution in [0.5, 0.6) is 5.75 Å². The van der Waals surface area contributed by atoms with Gasteiger partial charge in [-0.3, -0.25) is 9.59 Å². The fourth-order valence-electron chi connectivity index (χ4n) is 1.79. The van der Waals surface area contributed by atoms with Crippen LogP contribution in [0.4, 0.5) is 11.4 Å². The van der Waals surface area contributed by atoms with Crippen molar-refractivity contribution in [2.24, 2.45) is 10.2 Å². The minimum Gasteiger partial charge on any atom is -0.506 e. The number of hydrogen-bond donors (Lipinski definition) is 2. The van der Waals surface area contributed by atoms with Crippen LogP contribution in [0, 0.1) is 0 Å². The fraction of sp³-hybridized carbons (Fsp3) is 0.125. The molecule has 0 amide bonds. The van der Waals surface area contributed by atoms with E-state index in [1.54, 1.807) is 36.4 Å². The van der Waals surface area contributed by atoms with Crippen LogP contribution in [-0.4, -0.2) is 22.5 Å². The molecule has 0 bridgehead atoms. The lowest BCUT2D eigenvalue weighted by atomic mass is 10.1. The van der Waals surface area contributed by atoms with Gasteiger partial charge in [0.15, 0.2) is 0 Å². The standard InChI is InChI=1S/C16H14N2O4/c19-10-12-1-5-13(6-2-12)17-18-14-9-11(3-7-15(14)20)4-8-16(21)22/h1-3,5-7,9-10,20H,4,8H2,(H,21,22)/b18-17+. The van der Waals surface area contributed by atoms with Crippen molar-refractivity contribution in [2.45, 2.75) is 12.8 Å². The Hall–Kier alpha value is -3.02. The van der Waals surface area contributed by atoms with Gasteiger partial charge in [0.1, 0.15) is 17.7 Å². The second-order valence-corrected chi connectivity index (χ2v) is 4.63. The van der Waals surface area contributed by atoms with Crippen LogP contribution in [0.15, 0.2) is 52.7 Å². The molecule has 0 heterocycles. The quantitative estimate of drug-likeness (QED) is 0.628.